The van der Waals surface area contributed by atoms with E-state index in [1.54, 1.807) is 0 Å². The molecule has 1 unspecified atom stereocenters. The number of carbonyl (C=O) groups excluding carboxylic acids is 1. The van der Waals surface area contributed by atoms with Crippen LogP contribution in [0.2, 0.25) is 0 Å². The minimum Gasteiger partial charge on any atom is -0.353 e. The van der Waals surface area contributed by atoms with Crippen LogP contribution in [0.3, 0.4) is 0 Å². The number of hydrogen-bond acceptors (Lipinski definition) is 3. The van der Waals surface area contributed by atoms with Crippen LogP contribution in [0.5, 0.6) is 0 Å². The normalized spacial score (nSPS) is 29.7. The first-order chi connectivity index (χ1) is 8.45. The molecule has 0 bridgehead atoms. The van der Waals surface area contributed by atoms with Crippen LogP contribution < -0.4 is 5.32 Å². The zero-order chi connectivity index (χ0) is 13.8. The summed E-state index contributed by atoms with van der Waals surface area (Å²) in [6.07, 6.45) is 4.16. The van der Waals surface area contributed by atoms with E-state index in [-0.39, 0.29) is 23.4 Å². The lowest BCUT2D eigenvalue weighted by Crippen LogP contribution is -2.48. The summed E-state index contributed by atoms with van der Waals surface area (Å²) in [7, 11) is 3.89. The van der Waals surface area contributed by atoms with Crippen molar-refractivity contribution in [1.82, 2.24) is 10.2 Å². The fourth-order valence-corrected chi connectivity index (χ4v) is 2.48. The molecule has 1 amide bonds. The van der Waals surface area contributed by atoms with Crippen molar-refractivity contribution in [1.29, 1.82) is 5.26 Å². The van der Waals surface area contributed by atoms with Gasteiger partial charge < -0.3 is 5.32 Å². The molecule has 0 aromatic carbocycles. The largest absolute Gasteiger partial charge is 0.353 e. The van der Waals surface area contributed by atoms with Gasteiger partial charge in [0.1, 0.15) is 5.54 Å². The highest BCUT2D eigenvalue weighted by atomic mass is 16.1. The molecule has 1 fully saturated rings. The summed E-state index contributed by atoms with van der Waals surface area (Å²) in [6, 6.07) is 2.67. The Bertz CT molecular complexity index is 324. The van der Waals surface area contributed by atoms with Crippen LogP contribution in [0, 0.1) is 17.2 Å². The van der Waals surface area contributed by atoms with Gasteiger partial charge in [0.2, 0.25) is 5.91 Å². The zero-order valence-electron chi connectivity index (χ0n) is 12.0. The fourth-order valence-electron chi connectivity index (χ4n) is 2.48. The highest BCUT2D eigenvalue weighted by molar-refractivity contribution is 5.79. The maximum atomic E-state index is 12.0. The Balaban J connectivity index is 2.54. The Labute approximate surface area is 110 Å². The summed E-state index contributed by atoms with van der Waals surface area (Å²) in [5, 5.41) is 12.4. The summed E-state index contributed by atoms with van der Waals surface area (Å²) in [6.45, 7) is 4.10. The molecule has 0 aromatic heterocycles. The van der Waals surface area contributed by atoms with E-state index in [4.69, 9.17) is 0 Å². The predicted octanol–water partition coefficient (Wildman–Crippen LogP) is 1.92. The second-order valence-electron chi connectivity index (χ2n) is 5.63. The van der Waals surface area contributed by atoms with E-state index < -0.39 is 0 Å². The molecule has 1 rings (SSSR count). The predicted molar refractivity (Wildman–Crippen MR) is 71.9 cm³/mol. The number of nitriles is 1. The third kappa shape index (κ3) is 3.23. The quantitative estimate of drug-likeness (QED) is 0.830. The average Bonchev–Trinajstić information content (AvgIpc) is 2.38. The Morgan fingerprint density at radius 3 is 2.44 bits per heavy atom. The van der Waals surface area contributed by atoms with Gasteiger partial charge in [0.15, 0.2) is 0 Å². The molecule has 1 atom stereocenters. The number of nitrogens with zero attached hydrogens (tertiary/aromatic N) is 2. The van der Waals surface area contributed by atoms with Gasteiger partial charge in [-0.05, 0) is 53.1 Å². The van der Waals surface area contributed by atoms with Crippen molar-refractivity contribution in [2.75, 3.05) is 14.1 Å². The molecule has 4 heteroatoms. The zero-order valence-corrected chi connectivity index (χ0v) is 12.0. The molecule has 0 saturated heterocycles. The van der Waals surface area contributed by atoms with Crippen LogP contribution in [0.4, 0.5) is 0 Å². The van der Waals surface area contributed by atoms with Crippen LogP contribution in [-0.4, -0.2) is 36.5 Å². The smallest absolute Gasteiger partial charge is 0.223 e. The van der Waals surface area contributed by atoms with Crippen molar-refractivity contribution >= 4 is 5.91 Å². The maximum Gasteiger partial charge on any atom is 0.223 e. The molecule has 102 valence electrons. The first kappa shape index (κ1) is 15.0. The van der Waals surface area contributed by atoms with Gasteiger partial charge in [0, 0.05) is 12.0 Å². The van der Waals surface area contributed by atoms with E-state index in [1.165, 1.54) is 0 Å². The van der Waals surface area contributed by atoms with E-state index in [9.17, 15) is 10.1 Å². The van der Waals surface area contributed by atoms with Crippen molar-refractivity contribution in [3.63, 3.8) is 0 Å². The van der Waals surface area contributed by atoms with Crippen molar-refractivity contribution in [3.05, 3.63) is 0 Å². The number of amides is 1. The molecule has 1 N–H and O–H groups in total. The highest BCUT2D eigenvalue weighted by Crippen LogP contribution is 2.35. The van der Waals surface area contributed by atoms with Crippen molar-refractivity contribution in [2.45, 2.75) is 57.5 Å². The average molecular weight is 251 g/mol. The molecule has 1 aliphatic carbocycles. The van der Waals surface area contributed by atoms with Gasteiger partial charge in [-0.25, -0.2) is 0 Å². The number of nitrogens with one attached hydrogen (secondary N) is 1. The Morgan fingerprint density at radius 2 is 2.06 bits per heavy atom. The summed E-state index contributed by atoms with van der Waals surface area (Å²) in [5.74, 6) is 0.245. The Hall–Kier alpha value is -1.08. The van der Waals surface area contributed by atoms with Gasteiger partial charge >= 0.3 is 0 Å². The second kappa shape index (κ2) is 6.19. The van der Waals surface area contributed by atoms with Crippen LogP contribution in [-0.2, 0) is 4.79 Å². The first-order valence-electron chi connectivity index (χ1n) is 6.84. The van der Waals surface area contributed by atoms with Crippen LogP contribution in [0.25, 0.3) is 0 Å². The number of carbonyl (C=O) groups is 1. The first-order valence-corrected chi connectivity index (χ1v) is 6.84. The summed E-state index contributed by atoms with van der Waals surface area (Å²) < 4.78 is 0. The van der Waals surface area contributed by atoms with E-state index in [1.807, 2.05) is 25.9 Å². The topological polar surface area (TPSA) is 56.1 Å². The third-order valence-electron chi connectivity index (χ3n) is 4.25. The lowest BCUT2D eigenvalue weighted by Gasteiger charge is -2.39. The van der Waals surface area contributed by atoms with Crippen LogP contribution in [0.15, 0.2) is 0 Å². The Kier molecular flexibility index (Phi) is 5.15. The van der Waals surface area contributed by atoms with Crippen molar-refractivity contribution in [2.24, 2.45) is 5.92 Å². The second-order valence-corrected chi connectivity index (χ2v) is 5.63. The molecular weight excluding hydrogens is 226 g/mol. The van der Waals surface area contributed by atoms with Gasteiger partial charge in [0.05, 0.1) is 6.07 Å². The SMILES string of the molecule is CCC(C)NC(=O)C1CCC(C#N)(N(C)C)CC1. The van der Waals surface area contributed by atoms with Crippen LogP contribution in [0.1, 0.15) is 46.0 Å². The van der Waals surface area contributed by atoms with Crippen LogP contribution >= 0.6 is 0 Å². The van der Waals surface area contributed by atoms with E-state index in [0.29, 0.717) is 0 Å². The number of hydrogen-bond donors (Lipinski definition) is 1. The molecule has 0 radical (unpaired) electrons. The van der Waals surface area contributed by atoms with Gasteiger partial charge in [-0.3, -0.25) is 9.69 Å². The van der Waals surface area contributed by atoms with E-state index in [2.05, 4.69) is 18.3 Å². The van der Waals surface area contributed by atoms with Gasteiger partial charge in [0.25, 0.3) is 0 Å². The number of rotatable bonds is 4. The molecule has 18 heavy (non-hydrogen) atoms. The summed E-state index contributed by atoms with van der Waals surface area (Å²) in [4.78, 5) is 14.0. The summed E-state index contributed by atoms with van der Waals surface area (Å²) in [5.41, 5.74) is -0.368. The molecule has 0 aromatic rings. The molecule has 0 spiro atoms. The van der Waals surface area contributed by atoms with Crippen molar-refractivity contribution in [3.8, 4) is 6.07 Å². The van der Waals surface area contributed by atoms with E-state index >= 15 is 0 Å². The molecular formula is C14H25N3O. The standard InChI is InChI=1S/C14H25N3O/c1-5-11(2)16-13(18)12-6-8-14(10-15,9-7-12)17(3)4/h11-12H,5-9H2,1-4H3,(H,16,18). The lowest BCUT2D eigenvalue weighted by atomic mass is 9.76. The highest BCUT2D eigenvalue weighted by Gasteiger charge is 2.39. The molecule has 0 aliphatic heterocycles. The maximum absolute atomic E-state index is 12.0. The molecule has 1 saturated carbocycles. The lowest BCUT2D eigenvalue weighted by molar-refractivity contribution is -0.127. The minimum atomic E-state index is -0.368. The molecule has 4 nitrogen and oxygen atoms in total. The van der Waals surface area contributed by atoms with E-state index in [0.717, 1.165) is 32.1 Å². The molecule has 1 aliphatic rings. The van der Waals surface area contributed by atoms with Gasteiger partial charge in [-0.2, -0.15) is 5.26 Å². The van der Waals surface area contributed by atoms with Crippen molar-refractivity contribution < 1.29 is 4.79 Å². The molecule has 0 heterocycles. The summed E-state index contributed by atoms with van der Waals surface area (Å²) >= 11 is 0. The monoisotopic (exact) mass is 251 g/mol. The Morgan fingerprint density at radius 1 is 1.50 bits per heavy atom. The fraction of sp³-hybridized carbons (Fsp3) is 0.857. The minimum absolute atomic E-state index is 0.0837. The third-order valence-corrected chi connectivity index (χ3v) is 4.25. The van der Waals surface area contributed by atoms with Gasteiger partial charge in [-0.1, -0.05) is 6.92 Å². The van der Waals surface area contributed by atoms with Gasteiger partial charge in [-0.15, -0.1) is 0 Å².